The molecule has 2 rings (SSSR count). The van der Waals surface area contributed by atoms with Crippen LogP contribution in [0.15, 0.2) is 54.6 Å². The molecular weight excluding hydrogens is 296 g/mol. The molecule has 0 bridgehead atoms. The summed E-state index contributed by atoms with van der Waals surface area (Å²) in [6, 6.07) is 19.2. The van der Waals surface area contributed by atoms with Crippen LogP contribution in [0, 0.1) is 0 Å². The molecule has 2 aromatic rings. The molecular formula is C21H30N2O. The monoisotopic (exact) mass is 326 g/mol. The zero-order valence-corrected chi connectivity index (χ0v) is 14.9. The number of para-hydroxylation sites is 2. The van der Waals surface area contributed by atoms with Crippen LogP contribution in [0.5, 0.6) is 5.75 Å². The molecule has 0 spiro atoms. The van der Waals surface area contributed by atoms with Gasteiger partial charge in [-0.25, -0.2) is 0 Å². The molecule has 0 amide bonds. The number of unbranched alkanes of at least 4 members (excludes halogenated alkanes) is 1. The number of rotatable bonds is 11. The van der Waals surface area contributed by atoms with Crippen LogP contribution in [-0.4, -0.2) is 19.7 Å². The van der Waals surface area contributed by atoms with Crippen LogP contribution < -0.4 is 15.4 Å². The van der Waals surface area contributed by atoms with Gasteiger partial charge < -0.3 is 15.4 Å². The Bertz CT molecular complexity index is 571. The van der Waals surface area contributed by atoms with Crippen molar-refractivity contribution < 1.29 is 4.74 Å². The Morgan fingerprint density at radius 2 is 1.67 bits per heavy atom. The first-order valence-electron chi connectivity index (χ1n) is 9.09. The molecule has 0 fully saturated rings. The van der Waals surface area contributed by atoms with Crippen LogP contribution in [0.2, 0.25) is 0 Å². The van der Waals surface area contributed by atoms with Crippen LogP contribution in [-0.2, 0) is 0 Å². The fourth-order valence-electron chi connectivity index (χ4n) is 2.69. The average Bonchev–Trinajstić information content (AvgIpc) is 2.64. The third-order valence-electron chi connectivity index (χ3n) is 4.08. The second kappa shape index (κ2) is 10.7. The van der Waals surface area contributed by atoms with Crippen molar-refractivity contribution in [1.82, 2.24) is 5.32 Å². The standard InChI is InChI=1S/C21H30N2O/c1-3-5-17-24-21-14-10-9-13-20(21)23-16-15-22-19(4-2)18-11-7-6-8-12-18/h6-14,19,22-23H,3-5,15-17H2,1-2H3. The molecule has 0 saturated heterocycles. The molecule has 2 N–H and O–H groups in total. The van der Waals surface area contributed by atoms with Crippen molar-refractivity contribution >= 4 is 5.69 Å². The van der Waals surface area contributed by atoms with E-state index in [1.807, 2.05) is 18.2 Å². The summed E-state index contributed by atoms with van der Waals surface area (Å²) in [5.41, 5.74) is 2.42. The van der Waals surface area contributed by atoms with E-state index >= 15 is 0 Å². The summed E-state index contributed by atoms with van der Waals surface area (Å²) in [6.45, 7) is 6.96. The molecule has 0 radical (unpaired) electrons. The lowest BCUT2D eigenvalue weighted by Gasteiger charge is -2.18. The van der Waals surface area contributed by atoms with Crippen LogP contribution >= 0.6 is 0 Å². The summed E-state index contributed by atoms with van der Waals surface area (Å²) in [6.07, 6.45) is 3.32. The normalized spacial score (nSPS) is 11.9. The second-order valence-corrected chi connectivity index (χ2v) is 5.95. The highest BCUT2D eigenvalue weighted by Crippen LogP contribution is 2.23. The highest BCUT2D eigenvalue weighted by Gasteiger charge is 2.07. The van der Waals surface area contributed by atoms with E-state index in [0.717, 1.165) is 50.4 Å². The van der Waals surface area contributed by atoms with Crippen molar-refractivity contribution in [3.63, 3.8) is 0 Å². The van der Waals surface area contributed by atoms with Gasteiger partial charge in [0.2, 0.25) is 0 Å². The van der Waals surface area contributed by atoms with Crippen molar-refractivity contribution in [2.24, 2.45) is 0 Å². The summed E-state index contributed by atoms with van der Waals surface area (Å²) in [5.74, 6) is 0.945. The van der Waals surface area contributed by atoms with Gasteiger partial charge in [-0.2, -0.15) is 0 Å². The highest BCUT2D eigenvalue weighted by molar-refractivity contribution is 5.56. The molecule has 3 nitrogen and oxygen atoms in total. The van der Waals surface area contributed by atoms with E-state index in [-0.39, 0.29) is 0 Å². The molecule has 3 heteroatoms. The summed E-state index contributed by atoms with van der Waals surface area (Å²) in [7, 11) is 0. The van der Waals surface area contributed by atoms with E-state index < -0.39 is 0 Å². The van der Waals surface area contributed by atoms with Gasteiger partial charge in [-0.05, 0) is 30.5 Å². The number of hydrogen-bond donors (Lipinski definition) is 2. The van der Waals surface area contributed by atoms with Gasteiger partial charge in [0, 0.05) is 19.1 Å². The summed E-state index contributed by atoms with van der Waals surface area (Å²) in [5, 5.41) is 7.11. The molecule has 0 saturated carbocycles. The molecule has 0 aliphatic heterocycles. The molecule has 2 aromatic carbocycles. The van der Waals surface area contributed by atoms with Gasteiger partial charge in [0.05, 0.1) is 12.3 Å². The van der Waals surface area contributed by atoms with Gasteiger partial charge in [-0.15, -0.1) is 0 Å². The van der Waals surface area contributed by atoms with Crippen LogP contribution in [0.4, 0.5) is 5.69 Å². The Balaban J connectivity index is 1.79. The van der Waals surface area contributed by atoms with E-state index in [1.165, 1.54) is 5.56 Å². The highest BCUT2D eigenvalue weighted by atomic mass is 16.5. The molecule has 0 heterocycles. The van der Waals surface area contributed by atoms with Crippen LogP contribution in [0.3, 0.4) is 0 Å². The fourth-order valence-corrected chi connectivity index (χ4v) is 2.69. The third kappa shape index (κ3) is 5.89. The van der Waals surface area contributed by atoms with Gasteiger partial charge in [-0.3, -0.25) is 0 Å². The first-order chi connectivity index (χ1) is 11.8. The van der Waals surface area contributed by atoms with Crippen LogP contribution in [0.25, 0.3) is 0 Å². The van der Waals surface area contributed by atoms with Crippen molar-refractivity contribution in [3.8, 4) is 5.75 Å². The number of benzene rings is 2. The fraction of sp³-hybridized carbons (Fsp3) is 0.429. The minimum absolute atomic E-state index is 0.407. The quantitative estimate of drug-likeness (QED) is 0.569. The van der Waals surface area contributed by atoms with E-state index in [4.69, 9.17) is 4.74 Å². The van der Waals surface area contributed by atoms with Gasteiger partial charge in [0.25, 0.3) is 0 Å². The summed E-state index contributed by atoms with van der Waals surface area (Å²) in [4.78, 5) is 0. The molecule has 0 aliphatic carbocycles. The van der Waals surface area contributed by atoms with Crippen LogP contribution in [0.1, 0.15) is 44.7 Å². The average molecular weight is 326 g/mol. The van der Waals surface area contributed by atoms with Crippen molar-refractivity contribution in [1.29, 1.82) is 0 Å². The van der Waals surface area contributed by atoms with E-state index in [9.17, 15) is 0 Å². The smallest absolute Gasteiger partial charge is 0.142 e. The predicted octanol–water partition coefficient (Wildman–Crippen LogP) is 5.02. The lowest BCUT2D eigenvalue weighted by atomic mass is 10.0. The Kier molecular flexibility index (Phi) is 8.19. The first-order valence-corrected chi connectivity index (χ1v) is 9.09. The molecule has 1 unspecified atom stereocenters. The second-order valence-electron chi connectivity index (χ2n) is 5.95. The third-order valence-corrected chi connectivity index (χ3v) is 4.08. The van der Waals surface area contributed by atoms with E-state index in [2.05, 4.69) is 60.9 Å². The zero-order valence-electron chi connectivity index (χ0n) is 14.9. The molecule has 0 aliphatic rings. The van der Waals surface area contributed by atoms with Crippen molar-refractivity contribution in [3.05, 3.63) is 60.2 Å². The number of hydrogen-bond acceptors (Lipinski definition) is 3. The molecule has 24 heavy (non-hydrogen) atoms. The van der Waals surface area contributed by atoms with Crippen molar-refractivity contribution in [2.45, 2.75) is 39.2 Å². The van der Waals surface area contributed by atoms with Crippen molar-refractivity contribution in [2.75, 3.05) is 25.0 Å². The SMILES string of the molecule is CCCCOc1ccccc1NCCNC(CC)c1ccccc1. The Labute approximate surface area is 146 Å². The lowest BCUT2D eigenvalue weighted by Crippen LogP contribution is -2.26. The maximum absolute atomic E-state index is 5.86. The maximum Gasteiger partial charge on any atom is 0.142 e. The first kappa shape index (κ1) is 18.3. The Morgan fingerprint density at radius 3 is 2.42 bits per heavy atom. The molecule has 0 aromatic heterocycles. The van der Waals surface area contributed by atoms with Gasteiger partial charge >= 0.3 is 0 Å². The number of anilines is 1. The maximum atomic E-state index is 5.86. The van der Waals surface area contributed by atoms with E-state index in [0.29, 0.717) is 6.04 Å². The minimum atomic E-state index is 0.407. The zero-order chi connectivity index (χ0) is 17.0. The van der Waals surface area contributed by atoms with Gasteiger partial charge in [0.1, 0.15) is 5.75 Å². The van der Waals surface area contributed by atoms with Gasteiger partial charge in [-0.1, -0.05) is 62.7 Å². The molecule has 1 atom stereocenters. The number of ether oxygens (including phenoxy) is 1. The summed E-state index contributed by atoms with van der Waals surface area (Å²) >= 11 is 0. The Morgan fingerprint density at radius 1 is 0.917 bits per heavy atom. The molecule has 130 valence electrons. The topological polar surface area (TPSA) is 33.3 Å². The van der Waals surface area contributed by atoms with E-state index in [1.54, 1.807) is 0 Å². The van der Waals surface area contributed by atoms with Gasteiger partial charge in [0.15, 0.2) is 0 Å². The lowest BCUT2D eigenvalue weighted by molar-refractivity contribution is 0.310. The minimum Gasteiger partial charge on any atom is -0.491 e. The number of nitrogens with one attached hydrogen (secondary N) is 2. The largest absolute Gasteiger partial charge is 0.491 e. The predicted molar refractivity (Wildman–Crippen MR) is 103 cm³/mol. The summed E-state index contributed by atoms with van der Waals surface area (Å²) < 4.78 is 5.86. The Hall–Kier alpha value is -2.00.